The van der Waals surface area contributed by atoms with Crippen LogP contribution in [0.3, 0.4) is 0 Å². The molecule has 0 spiro atoms. The van der Waals surface area contributed by atoms with Crippen molar-refractivity contribution in [1.82, 2.24) is 4.90 Å². The zero-order valence-electron chi connectivity index (χ0n) is 20.5. The van der Waals surface area contributed by atoms with Crippen LogP contribution in [0, 0.1) is 5.92 Å². The number of phenols is 1. The lowest BCUT2D eigenvalue weighted by molar-refractivity contribution is -0.146. The van der Waals surface area contributed by atoms with Crippen LogP contribution in [0.4, 0.5) is 0 Å². The molecule has 1 N–H and O–H groups in total. The van der Waals surface area contributed by atoms with Gasteiger partial charge in [0.15, 0.2) is 11.5 Å². The molecular weight excluding hydrogens is 490 g/mol. The molecule has 0 aliphatic carbocycles. The molecule has 7 heteroatoms. The first-order valence-electron chi connectivity index (χ1n) is 12.4. The van der Waals surface area contributed by atoms with Gasteiger partial charge in [0.05, 0.1) is 12.1 Å². The molecule has 0 aromatic heterocycles. The summed E-state index contributed by atoms with van der Waals surface area (Å²) in [6.45, 7) is 5.99. The summed E-state index contributed by atoms with van der Waals surface area (Å²) in [5.41, 5.74) is 2.56. The highest BCUT2D eigenvalue weighted by molar-refractivity contribution is 8.05. The predicted molar refractivity (Wildman–Crippen MR) is 142 cm³/mol. The van der Waals surface area contributed by atoms with Gasteiger partial charge in [0.1, 0.15) is 6.61 Å². The Labute approximate surface area is 220 Å². The van der Waals surface area contributed by atoms with Crippen molar-refractivity contribution in [1.29, 1.82) is 0 Å². The Morgan fingerprint density at radius 1 is 1.03 bits per heavy atom. The number of phenolic OH excluding ortho intramolecular Hbond substituents is 1. The van der Waals surface area contributed by atoms with Crippen LogP contribution in [0.5, 0.6) is 11.5 Å². The summed E-state index contributed by atoms with van der Waals surface area (Å²) < 4.78 is 11.8. The molecule has 3 aromatic rings. The Kier molecular flexibility index (Phi) is 6.18. The lowest BCUT2D eigenvalue weighted by Crippen LogP contribution is -2.43. The molecule has 1 amide bonds. The molecule has 186 valence electrons. The molecule has 1 fully saturated rings. The molecule has 5 nitrogen and oxygen atoms in total. The largest absolute Gasteiger partial charge is 0.504 e. The fraction of sp³-hybridized carbons (Fsp3) is 0.345. The number of hydrogen-bond donors (Lipinski definition) is 1. The first-order valence-corrected chi connectivity index (χ1v) is 14.0. The smallest absolute Gasteiger partial charge is 0.226 e. The second kappa shape index (κ2) is 9.36. The van der Waals surface area contributed by atoms with Crippen molar-refractivity contribution in [3.05, 3.63) is 60.2 Å². The highest BCUT2D eigenvalue weighted by Crippen LogP contribution is 2.52. The van der Waals surface area contributed by atoms with E-state index in [0.717, 1.165) is 23.1 Å². The maximum Gasteiger partial charge on any atom is 0.226 e. The highest BCUT2D eigenvalue weighted by Gasteiger charge is 2.36. The van der Waals surface area contributed by atoms with E-state index >= 15 is 0 Å². The summed E-state index contributed by atoms with van der Waals surface area (Å²) in [5.74, 6) is 0.698. The molecule has 3 heterocycles. The number of aromatic hydroxyl groups is 1. The number of carbonyl (C=O) groups excluding carboxylic acids is 1. The van der Waals surface area contributed by atoms with Gasteiger partial charge in [-0.05, 0) is 68.1 Å². The van der Waals surface area contributed by atoms with Gasteiger partial charge < -0.3 is 19.5 Å². The van der Waals surface area contributed by atoms with Crippen LogP contribution < -0.4 is 4.74 Å². The average molecular weight is 520 g/mol. The van der Waals surface area contributed by atoms with Gasteiger partial charge >= 0.3 is 0 Å². The zero-order valence-corrected chi connectivity index (χ0v) is 22.1. The maximum absolute atomic E-state index is 13.5. The second-order valence-electron chi connectivity index (χ2n) is 10.2. The van der Waals surface area contributed by atoms with Crippen molar-refractivity contribution >= 4 is 29.4 Å². The Hall–Kier alpha value is -2.61. The minimum atomic E-state index is -0.287. The van der Waals surface area contributed by atoms with Crippen molar-refractivity contribution in [2.75, 3.05) is 19.8 Å². The Morgan fingerprint density at radius 3 is 2.61 bits per heavy atom. The molecule has 1 saturated heterocycles. The molecule has 0 saturated carbocycles. The fourth-order valence-electron chi connectivity index (χ4n) is 5.32. The summed E-state index contributed by atoms with van der Waals surface area (Å²) in [7, 11) is 0. The normalized spacial score (nSPS) is 20.4. The molecule has 3 aliphatic heterocycles. The molecule has 3 aliphatic rings. The van der Waals surface area contributed by atoms with Crippen molar-refractivity contribution in [3.8, 4) is 22.6 Å². The van der Waals surface area contributed by atoms with E-state index in [0.29, 0.717) is 38.5 Å². The quantitative estimate of drug-likeness (QED) is 0.322. The molecule has 0 radical (unpaired) electrons. The maximum atomic E-state index is 13.5. The van der Waals surface area contributed by atoms with Gasteiger partial charge in [0, 0.05) is 44.2 Å². The number of hydrogen-bond acceptors (Lipinski definition) is 6. The fourth-order valence-corrected chi connectivity index (χ4v) is 7.72. The van der Waals surface area contributed by atoms with Gasteiger partial charge in [-0.25, -0.2) is 0 Å². The van der Waals surface area contributed by atoms with Crippen molar-refractivity contribution in [2.24, 2.45) is 5.92 Å². The second-order valence-corrected chi connectivity index (χ2v) is 12.3. The summed E-state index contributed by atoms with van der Waals surface area (Å²) in [6, 6.07) is 18.6. The lowest BCUT2D eigenvalue weighted by atomic mass is 9.87. The third kappa shape index (κ3) is 4.49. The summed E-state index contributed by atoms with van der Waals surface area (Å²) in [5, 5.41) is 11.0. The number of ether oxygens (including phenoxy) is 2. The van der Waals surface area contributed by atoms with Crippen LogP contribution in [0.1, 0.15) is 32.3 Å². The number of benzene rings is 3. The minimum Gasteiger partial charge on any atom is -0.504 e. The van der Waals surface area contributed by atoms with E-state index < -0.39 is 0 Å². The average Bonchev–Trinajstić information content (AvgIpc) is 3.09. The number of carbonyl (C=O) groups is 1. The van der Waals surface area contributed by atoms with Crippen LogP contribution in [0.25, 0.3) is 11.1 Å². The van der Waals surface area contributed by atoms with Gasteiger partial charge in [-0.2, -0.15) is 0 Å². The molecule has 6 rings (SSSR count). The van der Waals surface area contributed by atoms with E-state index in [2.05, 4.69) is 48.5 Å². The van der Waals surface area contributed by atoms with E-state index in [-0.39, 0.29) is 23.2 Å². The third-order valence-electron chi connectivity index (χ3n) is 7.04. The van der Waals surface area contributed by atoms with E-state index in [1.807, 2.05) is 18.7 Å². The summed E-state index contributed by atoms with van der Waals surface area (Å²) in [6.07, 6.45) is 1.46. The first-order chi connectivity index (χ1) is 17.4. The number of nitrogens with zero attached hydrogens (tertiary/aromatic N) is 1. The van der Waals surface area contributed by atoms with Crippen molar-refractivity contribution < 1.29 is 19.4 Å². The standard InChI is InChI=1S/C29H29NO4S2/c1-29(2)16-18(10-12-34-29)28(32)30-11-13-33-26-20(17-30)14-19(15-22(26)31)21-6-5-9-25-27(21)36-24-8-4-3-7-23(24)35-25/h3-9,14-15,18,31H,10-13,16-17H2,1-2H3/t18-/m1/s1. The Morgan fingerprint density at radius 2 is 1.81 bits per heavy atom. The third-order valence-corrected chi connectivity index (χ3v) is 9.66. The first kappa shape index (κ1) is 23.8. The van der Waals surface area contributed by atoms with Gasteiger partial charge in [0.25, 0.3) is 0 Å². The zero-order chi connectivity index (χ0) is 24.9. The number of amides is 1. The van der Waals surface area contributed by atoms with E-state index in [9.17, 15) is 9.90 Å². The van der Waals surface area contributed by atoms with Gasteiger partial charge in [-0.3, -0.25) is 4.79 Å². The topological polar surface area (TPSA) is 59.0 Å². The number of rotatable bonds is 2. The van der Waals surface area contributed by atoms with Crippen LogP contribution in [0.2, 0.25) is 0 Å². The molecule has 36 heavy (non-hydrogen) atoms. The van der Waals surface area contributed by atoms with Crippen molar-refractivity contribution in [2.45, 2.75) is 58.4 Å². The lowest BCUT2D eigenvalue weighted by Gasteiger charge is -2.36. The Bertz CT molecular complexity index is 1340. The minimum absolute atomic E-state index is 0.0540. The molecule has 3 aromatic carbocycles. The van der Waals surface area contributed by atoms with Crippen LogP contribution in [-0.4, -0.2) is 41.3 Å². The molecule has 0 unspecified atom stereocenters. The molecule has 1 atom stereocenters. The van der Waals surface area contributed by atoms with Crippen LogP contribution >= 0.6 is 23.5 Å². The number of fused-ring (bicyclic) bond motifs is 3. The predicted octanol–water partition coefficient (Wildman–Crippen LogP) is 6.60. The SMILES string of the molecule is CC1(C)C[C@H](C(=O)N2CCOc3c(O)cc(-c4cccc5c4Sc4ccccc4S5)cc3C2)CCO1. The molecular formula is C29H29NO4S2. The monoisotopic (exact) mass is 519 g/mol. The van der Waals surface area contributed by atoms with Crippen LogP contribution in [0.15, 0.2) is 74.2 Å². The highest BCUT2D eigenvalue weighted by atomic mass is 32.2. The summed E-state index contributed by atoms with van der Waals surface area (Å²) >= 11 is 3.54. The van der Waals surface area contributed by atoms with Crippen molar-refractivity contribution in [3.63, 3.8) is 0 Å². The van der Waals surface area contributed by atoms with E-state index in [1.54, 1.807) is 29.6 Å². The van der Waals surface area contributed by atoms with Gasteiger partial charge in [0.2, 0.25) is 5.91 Å². The van der Waals surface area contributed by atoms with Gasteiger partial charge in [-0.15, -0.1) is 0 Å². The van der Waals surface area contributed by atoms with E-state index in [4.69, 9.17) is 9.47 Å². The van der Waals surface area contributed by atoms with Gasteiger partial charge in [-0.1, -0.05) is 47.8 Å². The Balaban J connectivity index is 1.33. The van der Waals surface area contributed by atoms with Crippen LogP contribution in [-0.2, 0) is 16.1 Å². The summed E-state index contributed by atoms with van der Waals surface area (Å²) in [4.78, 5) is 20.3. The molecule has 0 bridgehead atoms. The van der Waals surface area contributed by atoms with E-state index in [1.165, 1.54) is 19.6 Å².